The normalized spacial score (nSPS) is 11.7. The number of hydrogen-bond acceptors (Lipinski definition) is 9. The molecule has 0 spiro atoms. The Labute approximate surface area is 236 Å². The molecule has 0 amide bonds. The standard InChI is InChI=1S/C26H24BrN5O6S/c1-3-37-22-11-9-20(10-12-22)31-17(2)28-29-26(31)39-25(15-30(33)34)19-6-13-24(23(27)14-19)38-16-18-4-7-21(8-5-18)32(35)36/h4-14,25H,3,15-16H2,1-2H3/t25-/m0/s1. The highest BCUT2D eigenvalue weighted by atomic mass is 79.9. The average Bonchev–Trinajstić information content (AvgIpc) is 3.27. The fraction of sp³-hybridized carbons (Fsp3) is 0.231. The van der Waals surface area contributed by atoms with Gasteiger partial charge in [0.1, 0.15) is 29.2 Å². The molecule has 0 aliphatic carbocycles. The molecule has 0 saturated heterocycles. The summed E-state index contributed by atoms with van der Waals surface area (Å²) < 4.78 is 13.9. The molecule has 1 atom stereocenters. The Hall–Kier alpha value is -3.97. The molecule has 1 heterocycles. The van der Waals surface area contributed by atoms with Gasteiger partial charge in [-0.15, -0.1) is 10.2 Å². The van der Waals surface area contributed by atoms with Crippen LogP contribution in [0.3, 0.4) is 0 Å². The van der Waals surface area contributed by atoms with Gasteiger partial charge in [0, 0.05) is 22.7 Å². The van der Waals surface area contributed by atoms with E-state index in [9.17, 15) is 20.2 Å². The zero-order chi connectivity index (χ0) is 27.9. The van der Waals surface area contributed by atoms with Gasteiger partial charge in [0.15, 0.2) is 5.16 Å². The summed E-state index contributed by atoms with van der Waals surface area (Å²) in [5, 5.41) is 30.9. The molecule has 4 rings (SSSR count). The molecule has 0 aliphatic rings. The lowest BCUT2D eigenvalue weighted by Crippen LogP contribution is -2.11. The number of ether oxygens (including phenoxy) is 2. The Balaban J connectivity index is 1.53. The van der Waals surface area contributed by atoms with E-state index in [0.717, 1.165) is 17.0 Å². The van der Waals surface area contributed by atoms with Crippen molar-refractivity contribution in [1.82, 2.24) is 14.8 Å². The first-order valence-electron chi connectivity index (χ1n) is 11.8. The minimum atomic E-state index is -0.551. The van der Waals surface area contributed by atoms with Gasteiger partial charge in [0.25, 0.3) is 5.69 Å². The van der Waals surface area contributed by atoms with Crippen LogP contribution in [-0.2, 0) is 6.61 Å². The second kappa shape index (κ2) is 12.7. The van der Waals surface area contributed by atoms with Crippen molar-refractivity contribution in [1.29, 1.82) is 0 Å². The van der Waals surface area contributed by atoms with Gasteiger partial charge in [-0.3, -0.25) is 24.8 Å². The summed E-state index contributed by atoms with van der Waals surface area (Å²) in [5.41, 5.74) is 2.30. The molecule has 1 aromatic heterocycles. The van der Waals surface area contributed by atoms with Gasteiger partial charge < -0.3 is 9.47 Å². The molecule has 11 nitrogen and oxygen atoms in total. The minimum absolute atomic E-state index is 0.00664. The number of nitro groups is 2. The predicted molar refractivity (Wildman–Crippen MR) is 149 cm³/mol. The molecular weight excluding hydrogens is 590 g/mol. The summed E-state index contributed by atoms with van der Waals surface area (Å²) in [5.74, 6) is 1.93. The molecule has 0 aliphatic heterocycles. The lowest BCUT2D eigenvalue weighted by atomic mass is 10.1. The summed E-state index contributed by atoms with van der Waals surface area (Å²) in [6, 6.07) is 18.9. The SMILES string of the molecule is CCOc1ccc(-n2c(C)nnc2S[C@@H](C[N+](=O)[O-])c2ccc(OCc3ccc([N+](=O)[O-])cc3)c(Br)c2)cc1. The van der Waals surface area contributed by atoms with Crippen molar-refractivity contribution in [3.8, 4) is 17.2 Å². The van der Waals surface area contributed by atoms with Gasteiger partial charge in [-0.25, -0.2) is 0 Å². The summed E-state index contributed by atoms with van der Waals surface area (Å²) in [4.78, 5) is 21.6. The number of aryl methyl sites for hydroxylation is 1. The average molecular weight is 614 g/mol. The van der Waals surface area contributed by atoms with E-state index in [1.54, 1.807) is 30.3 Å². The highest BCUT2D eigenvalue weighted by Crippen LogP contribution is 2.39. The summed E-state index contributed by atoms with van der Waals surface area (Å²) in [6.07, 6.45) is 0. The van der Waals surface area contributed by atoms with E-state index < -0.39 is 10.2 Å². The van der Waals surface area contributed by atoms with Crippen LogP contribution in [0.15, 0.2) is 76.4 Å². The molecular formula is C26H24BrN5O6S. The van der Waals surface area contributed by atoms with Gasteiger partial charge in [-0.1, -0.05) is 17.8 Å². The number of halogens is 1. The Morgan fingerprint density at radius 2 is 1.72 bits per heavy atom. The van der Waals surface area contributed by atoms with Crippen LogP contribution in [0.25, 0.3) is 5.69 Å². The van der Waals surface area contributed by atoms with Crippen molar-refractivity contribution in [3.05, 3.63) is 108 Å². The molecule has 0 unspecified atom stereocenters. The van der Waals surface area contributed by atoms with Crippen LogP contribution in [0.5, 0.6) is 11.5 Å². The Morgan fingerprint density at radius 3 is 2.33 bits per heavy atom. The number of nitro benzene ring substituents is 1. The van der Waals surface area contributed by atoms with E-state index in [1.165, 1.54) is 23.9 Å². The number of aromatic nitrogens is 3. The zero-order valence-corrected chi connectivity index (χ0v) is 23.4. The lowest BCUT2D eigenvalue weighted by Gasteiger charge is -2.16. The first-order chi connectivity index (χ1) is 18.7. The minimum Gasteiger partial charge on any atom is -0.494 e. The van der Waals surface area contributed by atoms with E-state index in [4.69, 9.17) is 9.47 Å². The lowest BCUT2D eigenvalue weighted by molar-refractivity contribution is -0.479. The van der Waals surface area contributed by atoms with Crippen molar-refractivity contribution in [3.63, 3.8) is 0 Å². The van der Waals surface area contributed by atoms with E-state index in [1.807, 2.05) is 42.7 Å². The fourth-order valence-corrected chi connectivity index (χ4v) is 5.43. The number of thioether (sulfide) groups is 1. The molecule has 0 fully saturated rings. The maximum absolute atomic E-state index is 11.6. The summed E-state index contributed by atoms with van der Waals surface area (Å²) in [7, 11) is 0. The Morgan fingerprint density at radius 1 is 1.00 bits per heavy atom. The van der Waals surface area contributed by atoms with E-state index >= 15 is 0 Å². The van der Waals surface area contributed by atoms with Crippen molar-refractivity contribution < 1.29 is 19.3 Å². The van der Waals surface area contributed by atoms with Crippen molar-refractivity contribution >= 4 is 33.4 Å². The topological polar surface area (TPSA) is 135 Å². The third-order valence-electron chi connectivity index (χ3n) is 5.63. The third-order valence-corrected chi connectivity index (χ3v) is 7.43. The smallest absolute Gasteiger partial charge is 0.269 e. The van der Waals surface area contributed by atoms with E-state index in [0.29, 0.717) is 33.4 Å². The monoisotopic (exact) mass is 613 g/mol. The second-order valence-corrected chi connectivity index (χ2v) is 10.3. The van der Waals surface area contributed by atoms with Crippen LogP contribution in [0.4, 0.5) is 5.69 Å². The fourth-order valence-electron chi connectivity index (χ4n) is 3.76. The van der Waals surface area contributed by atoms with Gasteiger partial charge in [0.05, 0.1) is 16.0 Å². The first kappa shape index (κ1) is 28.0. The maximum atomic E-state index is 11.6. The highest BCUT2D eigenvalue weighted by molar-refractivity contribution is 9.10. The molecule has 0 saturated carbocycles. The van der Waals surface area contributed by atoms with E-state index in [-0.39, 0.29) is 23.8 Å². The van der Waals surface area contributed by atoms with Crippen molar-refractivity contribution in [2.45, 2.75) is 30.9 Å². The Bertz CT molecular complexity index is 1460. The quantitative estimate of drug-likeness (QED) is 0.102. The van der Waals surface area contributed by atoms with Gasteiger partial charge in [-0.2, -0.15) is 0 Å². The van der Waals surface area contributed by atoms with Gasteiger partial charge in [-0.05, 0) is 89.4 Å². The molecule has 0 bridgehead atoms. The number of benzene rings is 3. The van der Waals surface area contributed by atoms with Crippen LogP contribution in [-0.4, -0.2) is 37.8 Å². The summed E-state index contributed by atoms with van der Waals surface area (Å²) in [6.45, 7) is 4.18. The van der Waals surface area contributed by atoms with E-state index in [2.05, 4.69) is 26.1 Å². The molecule has 202 valence electrons. The molecule has 13 heteroatoms. The molecule has 3 aromatic carbocycles. The van der Waals surface area contributed by atoms with Crippen LogP contribution in [0.1, 0.15) is 29.1 Å². The van der Waals surface area contributed by atoms with Crippen molar-refractivity contribution in [2.75, 3.05) is 13.2 Å². The maximum Gasteiger partial charge on any atom is 0.269 e. The van der Waals surface area contributed by atoms with Crippen LogP contribution in [0.2, 0.25) is 0 Å². The molecule has 39 heavy (non-hydrogen) atoms. The van der Waals surface area contributed by atoms with Crippen LogP contribution >= 0.6 is 27.7 Å². The van der Waals surface area contributed by atoms with Crippen LogP contribution < -0.4 is 9.47 Å². The number of hydrogen-bond donors (Lipinski definition) is 0. The predicted octanol–water partition coefficient (Wildman–Crippen LogP) is 6.33. The third kappa shape index (κ3) is 7.12. The highest BCUT2D eigenvalue weighted by Gasteiger charge is 2.24. The number of rotatable bonds is 12. The molecule has 4 aromatic rings. The summed E-state index contributed by atoms with van der Waals surface area (Å²) >= 11 is 4.76. The molecule has 0 radical (unpaired) electrons. The van der Waals surface area contributed by atoms with Gasteiger partial charge >= 0.3 is 0 Å². The molecule has 0 N–H and O–H groups in total. The van der Waals surface area contributed by atoms with Crippen LogP contribution in [0, 0.1) is 27.2 Å². The zero-order valence-electron chi connectivity index (χ0n) is 21.0. The first-order valence-corrected chi connectivity index (χ1v) is 13.5. The van der Waals surface area contributed by atoms with Crippen molar-refractivity contribution in [2.24, 2.45) is 0 Å². The largest absolute Gasteiger partial charge is 0.494 e. The Kier molecular flexibility index (Phi) is 9.15. The van der Waals surface area contributed by atoms with Gasteiger partial charge in [0.2, 0.25) is 6.54 Å². The second-order valence-electron chi connectivity index (χ2n) is 8.32. The number of non-ortho nitro benzene ring substituents is 1. The number of nitrogens with zero attached hydrogens (tertiary/aromatic N) is 5.